The van der Waals surface area contributed by atoms with Crippen molar-refractivity contribution in [3.8, 4) is 11.5 Å². The fourth-order valence-electron chi connectivity index (χ4n) is 3.91. The van der Waals surface area contributed by atoms with Gasteiger partial charge in [-0.1, -0.05) is 19.9 Å². The summed E-state index contributed by atoms with van der Waals surface area (Å²) in [6.45, 7) is 4.37. The molecule has 1 saturated carbocycles. The third-order valence-corrected chi connectivity index (χ3v) is 5.95. The minimum atomic E-state index is -0.510. The van der Waals surface area contributed by atoms with Crippen LogP contribution in [0.15, 0.2) is 30.3 Å². The van der Waals surface area contributed by atoms with Gasteiger partial charge in [0.05, 0.1) is 5.69 Å². The summed E-state index contributed by atoms with van der Waals surface area (Å²) in [4.78, 5) is 25.0. The average Bonchev–Trinajstić information content (AvgIpc) is 3.36. The van der Waals surface area contributed by atoms with Crippen molar-refractivity contribution in [1.29, 1.82) is 0 Å². The Bertz CT molecular complexity index is 1070. The van der Waals surface area contributed by atoms with Crippen LogP contribution in [0.25, 0.3) is 6.08 Å². The SMILES string of the molecule is CC(C)C1CC(=O)NC(n2nc(C3CC3)cc2NC(=O)/C=C\c2ccc3c(c2)OCO3)N1. The molecule has 1 aliphatic carbocycles. The van der Waals surface area contributed by atoms with Crippen LogP contribution >= 0.6 is 0 Å². The molecule has 2 unspecified atom stereocenters. The summed E-state index contributed by atoms with van der Waals surface area (Å²) in [5, 5.41) is 14.0. The molecule has 3 N–H and O–H groups in total. The number of hydrogen-bond donors (Lipinski definition) is 3. The monoisotopic (exact) mass is 437 g/mol. The Balaban J connectivity index is 1.33. The minimum absolute atomic E-state index is 0.0316. The average molecular weight is 438 g/mol. The highest BCUT2D eigenvalue weighted by atomic mass is 16.7. The molecule has 9 nitrogen and oxygen atoms in total. The van der Waals surface area contributed by atoms with Gasteiger partial charge in [-0.3, -0.25) is 14.9 Å². The first kappa shape index (κ1) is 20.6. The lowest BCUT2D eigenvalue weighted by Crippen LogP contribution is -2.55. The normalized spacial score (nSPS) is 22.4. The van der Waals surface area contributed by atoms with Crippen LogP contribution in [0.5, 0.6) is 11.5 Å². The highest BCUT2D eigenvalue weighted by Gasteiger charge is 2.33. The number of aromatic nitrogens is 2. The highest BCUT2D eigenvalue weighted by molar-refractivity contribution is 6.01. The summed E-state index contributed by atoms with van der Waals surface area (Å²) in [6, 6.07) is 7.45. The van der Waals surface area contributed by atoms with Crippen LogP contribution in [0.4, 0.5) is 5.82 Å². The fourth-order valence-corrected chi connectivity index (χ4v) is 3.91. The zero-order valence-corrected chi connectivity index (χ0v) is 18.1. The predicted octanol–water partition coefficient (Wildman–Crippen LogP) is 2.73. The summed E-state index contributed by atoms with van der Waals surface area (Å²) in [7, 11) is 0. The van der Waals surface area contributed by atoms with Crippen molar-refractivity contribution in [3.63, 3.8) is 0 Å². The van der Waals surface area contributed by atoms with E-state index in [1.807, 2.05) is 24.3 Å². The molecule has 5 rings (SSSR count). The Labute approximate surface area is 186 Å². The van der Waals surface area contributed by atoms with E-state index in [4.69, 9.17) is 14.6 Å². The molecule has 3 aliphatic rings. The molecule has 2 aromatic rings. The molecule has 0 radical (unpaired) electrons. The molecule has 32 heavy (non-hydrogen) atoms. The summed E-state index contributed by atoms with van der Waals surface area (Å²) in [5.41, 5.74) is 1.76. The van der Waals surface area contributed by atoms with Gasteiger partial charge < -0.3 is 20.1 Å². The number of hydrogen-bond acceptors (Lipinski definition) is 6. The van der Waals surface area contributed by atoms with Crippen LogP contribution in [-0.4, -0.2) is 34.4 Å². The van der Waals surface area contributed by atoms with Gasteiger partial charge in [0.2, 0.25) is 18.6 Å². The second kappa shape index (κ2) is 8.31. The van der Waals surface area contributed by atoms with Crippen LogP contribution in [0.1, 0.15) is 56.6 Å². The number of anilines is 1. The van der Waals surface area contributed by atoms with Crippen molar-refractivity contribution in [2.45, 2.75) is 51.4 Å². The van der Waals surface area contributed by atoms with Gasteiger partial charge in [0, 0.05) is 30.5 Å². The largest absolute Gasteiger partial charge is 0.454 e. The quantitative estimate of drug-likeness (QED) is 0.600. The first-order valence-corrected chi connectivity index (χ1v) is 11.0. The van der Waals surface area contributed by atoms with Crippen LogP contribution in [0.3, 0.4) is 0 Å². The lowest BCUT2D eigenvalue weighted by molar-refractivity contribution is -0.126. The lowest BCUT2D eigenvalue weighted by atomic mass is 9.99. The molecule has 168 valence electrons. The number of benzene rings is 1. The van der Waals surface area contributed by atoms with Crippen LogP contribution in [-0.2, 0) is 9.59 Å². The van der Waals surface area contributed by atoms with E-state index in [1.165, 1.54) is 6.08 Å². The Hall–Kier alpha value is -3.33. The Kier molecular flexibility index (Phi) is 5.34. The Morgan fingerprint density at radius 3 is 2.84 bits per heavy atom. The van der Waals surface area contributed by atoms with Gasteiger partial charge in [0.25, 0.3) is 0 Å². The molecule has 2 fully saturated rings. The van der Waals surface area contributed by atoms with E-state index >= 15 is 0 Å². The summed E-state index contributed by atoms with van der Waals surface area (Å²) in [5.74, 6) is 2.31. The topological polar surface area (TPSA) is 107 Å². The van der Waals surface area contributed by atoms with E-state index < -0.39 is 6.29 Å². The molecule has 1 aromatic heterocycles. The van der Waals surface area contributed by atoms with Crippen molar-refractivity contribution >= 4 is 23.7 Å². The first-order valence-electron chi connectivity index (χ1n) is 11.0. The van der Waals surface area contributed by atoms with Gasteiger partial charge in [-0.2, -0.15) is 5.10 Å². The number of rotatable bonds is 6. The second-order valence-electron chi connectivity index (χ2n) is 8.80. The van der Waals surface area contributed by atoms with Gasteiger partial charge in [-0.25, -0.2) is 4.68 Å². The molecule has 9 heteroatoms. The summed E-state index contributed by atoms with van der Waals surface area (Å²) in [6.07, 6.45) is 5.28. The smallest absolute Gasteiger partial charge is 0.249 e. The molecule has 0 bridgehead atoms. The molecule has 2 atom stereocenters. The van der Waals surface area contributed by atoms with E-state index in [0.29, 0.717) is 35.6 Å². The zero-order valence-electron chi connectivity index (χ0n) is 18.1. The third-order valence-electron chi connectivity index (χ3n) is 5.95. The van der Waals surface area contributed by atoms with Gasteiger partial charge in [0.15, 0.2) is 17.8 Å². The standard InChI is InChI=1S/C23H27N5O4/c1-13(2)16-11-22(30)26-23(24-16)28-20(10-17(27-28)15-5-6-15)25-21(29)8-4-14-3-7-18-19(9-14)32-12-31-18/h3-4,7-10,13,15-16,23-24H,5-6,11-12H2,1-2H3,(H,25,29)(H,26,30)/b8-4-. The van der Waals surface area contributed by atoms with Crippen LogP contribution in [0, 0.1) is 5.92 Å². The third kappa shape index (κ3) is 4.34. The van der Waals surface area contributed by atoms with Gasteiger partial charge >= 0.3 is 0 Å². The van der Waals surface area contributed by atoms with Crippen LogP contribution in [0.2, 0.25) is 0 Å². The molecular weight excluding hydrogens is 410 g/mol. The van der Waals surface area contributed by atoms with Crippen molar-refractivity contribution in [2.75, 3.05) is 12.1 Å². The first-order chi connectivity index (χ1) is 15.5. The maximum absolute atomic E-state index is 12.7. The molecule has 0 spiro atoms. The maximum atomic E-state index is 12.7. The van der Waals surface area contributed by atoms with Crippen LogP contribution < -0.4 is 25.4 Å². The summed E-state index contributed by atoms with van der Waals surface area (Å²) >= 11 is 0. The number of nitrogens with zero attached hydrogens (tertiary/aromatic N) is 2. The van der Waals surface area contributed by atoms with Gasteiger partial charge in [-0.05, 0) is 42.5 Å². The molecule has 2 amide bonds. The Morgan fingerprint density at radius 2 is 2.06 bits per heavy atom. The van der Waals surface area contributed by atoms with Crippen molar-refractivity contribution < 1.29 is 19.1 Å². The maximum Gasteiger partial charge on any atom is 0.249 e. The number of fused-ring (bicyclic) bond motifs is 1. The zero-order chi connectivity index (χ0) is 22.2. The Morgan fingerprint density at radius 1 is 1.25 bits per heavy atom. The number of carbonyl (C=O) groups excluding carboxylic acids is 2. The van der Waals surface area contributed by atoms with Gasteiger partial charge in [0.1, 0.15) is 5.82 Å². The minimum Gasteiger partial charge on any atom is -0.454 e. The molecule has 1 aromatic carbocycles. The molecule has 3 heterocycles. The number of amides is 2. The van der Waals surface area contributed by atoms with Crippen molar-refractivity contribution in [1.82, 2.24) is 20.4 Å². The molecular formula is C23H27N5O4. The number of ether oxygens (including phenoxy) is 2. The lowest BCUT2D eigenvalue weighted by Gasteiger charge is -2.34. The fraction of sp³-hybridized carbons (Fsp3) is 0.435. The van der Waals surface area contributed by atoms with Gasteiger partial charge in [-0.15, -0.1) is 0 Å². The van der Waals surface area contributed by atoms with E-state index in [1.54, 1.807) is 10.8 Å². The predicted molar refractivity (Wildman–Crippen MR) is 118 cm³/mol. The second-order valence-corrected chi connectivity index (χ2v) is 8.80. The number of nitrogens with one attached hydrogen (secondary N) is 3. The van der Waals surface area contributed by atoms with Crippen molar-refractivity contribution in [3.05, 3.63) is 41.6 Å². The van der Waals surface area contributed by atoms with E-state index in [-0.39, 0.29) is 24.6 Å². The highest BCUT2D eigenvalue weighted by Crippen LogP contribution is 2.40. The van der Waals surface area contributed by atoms with E-state index in [2.05, 4.69) is 29.8 Å². The van der Waals surface area contributed by atoms with E-state index in [0.717, 1.165) is 24.1 Å². The van der Waals surface area contributed by atoms with Crippen molar-refractivity contribution in [2.24, 2.45) is 5.92 Å². The summed E-state index contributed by atoms with van der Waals surface area (Å²) < 4.78 is 12.4. The molecule has 2 aliphatic heterocycles. The number of carbonyl (C=O) groups is 2. The molecule has 1 saturated heterocycles. The van der Waals surface area contributed by atoms with E-state index in [9.17, 15) is 9.59 Å².